The van der Waals surface area contributed by atoms with E-state index in [2.05, 4.69) is 15.4 Å². The summed E-state index contributed by atoms with van der Waals surface area (Å²) in [6.07, 6.45) is 5.40. The van der Waals surface area contributed by atoms with E-state index in [1.807, 2.05) is 41.2 Å². The van der Waals surface area contributed by atoms with E-state index in [-0.39, 0.29) is 24.1 Å². The summed E-state index contributed by atoms with van der Waals surface area (Å²) in [4.78, 5) is 30.1. The highest BCUT2D eigenvalue weighted by molar-refractivity contribution is 7.15. The lowest BCUT2D eigenvalue weighted by Gasteiger charge is -2.12. The van der Waals surface area contributed by atoms with Crippen LogP contribution in [0.2, 0.25) is 0 Å². The van der Waals surface area contributed by atoms with E-state index in [1.54, 1.807) is 18.3 Å². The van der Waals surface area contributed by atoms with Crippen LogP contribution in [0.25, 0.3) is 15.7 Å². The van der Waals surface area contributed by atoms with E-state index < -0.39 is 0 Å². The normalized spacial score (nSPS) is 12.5. The Morgan fingerprint density at radius 1 is 1.36 bits per heavy atom. The average Bonchev–Trinajstić information content (AvgIpc) is 3.19. The maximum atomic E-state index is 12.4. The zero-order valence-corrected chi connectivity index (χ0v) is 14.2. The molecule has 0 fully saturated rings. The van der Waals surface area contributed by atoms with Gasteiger partial charge in [-0.3, -0.25) is 14.0 Å². The van der Waals surface area contributed by atoms with E-state index in [0.29, 0.717) is 5.39 Å². The molecular formula is C17H15N5O2S. The molecule has 1 aromatic carbocycles. The first-order valence-electron chi connectivity index (χ1n) is 7.78. The van der Waals surface area contributed by atoms with Crippen molar-refractivity contribution < 1.29 is 4.79 Å². The third-order valence-corrected chi connectivity index (χ3v) is 4.76. The van der Waals surface area contributed by atoms with Gasteiger partial charge in [0.25, 0.3) is 5.56 Å². The molecule has 0 saturated carbocycles. The van der Waals surface area contributed by atoms with Gasteiger partial charge in [-0.1, -0.05) is 18.2 Å². The lowest BCUT2D eigenvalue weighted by molar-refractivity contribution is -0.122. The minimum atomic E-state index is -0.284. The fraction of sp³-hybridized carbons (Fsp3) is 0.176. The van der Waals surface area contributed by atoms with Gasteiger partial charge in [0.05, 0.1) is 23.3 Å². The van der Waals surface area contributed by atoms with Crippen LogP contribution in [0.1, 0.15) is 18.7 Å². The van der Waals surface area contributed by atoms with Gasteiger partial charge < -0.3 is 5.32 Å². The van der Waals surface area contributed by atoms with Gasteiger partial charge in [-0.05, 0) is 13.0 Å². The lowest BCUT2D eigenvalue weighted by Crippen LogP contribution is -2.35. The number of amides is 1. The maximum absolute atomic E-state index is 12.4. The molecule has 0 spiro atoms. The van der Waals surface area contributed by atoms with E-state index in [4.69, 9.17) is 0 Å². The summed E-state index contributed by atoms with van der Waals surface area (Å²) >= 11 is 1.53. The Morgan fingerprint density at radius 2 is 2.20 bits per heavy atom. The van der Waals surface area contributed by atoms with Crippen molar-refractivity contribution in [1.82, 2.24) is 24.5 Å². The van der Waals surface area contributed by atoms with Gasteiger partial charge in [-0.2, -0.15) is 5.10 Å². The number of carbonyl (C=O) groups excluding carboxylic acids is 1. The SMILES string of the molecule is CC(NC(=O)Cn1ncc2ccccc2c1=O)c1cn2ccsc2n1. The molecule has 0 saturated heterocycles. The Hall–Kier alpha value is -3.00. The van der Waals surface area contributed by atoms with Crippen molar-refractivity contribution in [2.75, 3.05) is 0 Å². The maximum Gasteiger partial charge on any atom is 0.275 e. The monoisotopic (exact) mass is 353 g/mol. The van der Waals surface area contributed by atoms with Crippen LogP contribution in [0.4, 0.5) is 0 Å². The zero-order chi connectivity index (χ0) is 17.4. The summed E-state index contributed by atoms with van der Waals surface area (Å²) < 4.78 is 3.09. The van der Waals surface area contributed by atoms with Gasteiger partial charge in [-0.15, -0.1) is 11.3 Å². The van der Waals surface area contributed by atoms with E-state index in [0.717, 1.165) is 16.0 Å². The Labute approximate surface area is 146 Å². The van der Waals surface area contributed by atoms with Crippen LogP contribution < -0.4 is 10.9 Å². The molecule has 3 heterocycles. The summed E-state index contributed by atoms with van der Waals surface area (Å²) in [5, 5.41) is 10.2. The van der Waals surface area contributed by atoms with Crippen LogP contribution in [0.15, 0.2) is 53.0 Å². The molecule has 7 nitrogen and oxygen atoms in total. The Bertz CT molecular complexity index is 1100. The van der Waals surface area contributed by atoms with Crippen molar-refractivity contribution in [2.45, 2.75) is 19.5 Å². The Morgan fingerprint density at radius 3 is 3.04 bits per heavy atom. The summed E-state index contributed by atoms with van der Waals surface area (Å²) in [5.74, 6) is -0.284. The molecular weight excluding hydrogens is 338 g/mol. The lowest BCUT2D eigenvalue weighted by atomic mass is 10.2. The quantitative estimate of drug-likeness (QED) is 0.608. The first kappa shape index (κ1) is 15.5. The van der Waals surface area contributed by atoms with Crippen LogP contribution in [0.3, 0.4) is 0 Å². The van der Waals surface area contributed by atoms with Gasteiger partial charge in [0.1, 0.15) is 6.54 Å². The van der Waals surface area contributed by atoms with Crippen molar-refractivity contribution >= 4 is 33.0 Å². The van der Waals surface area contributed by atoms with Crippen LogP contribution in [0.5, 0.6) is 0 Å². The molecule has 1 atom stereocenters. The highest BCUT2D eigenvalue weighted by Gasteiger charge is 2.15. The number of benzene rings is 1. The molecule has 0 bridgehead atoms. The molecule has 4 rings (SSSR count). The van der Waals surface area contributed by atoms with E-state index in [1.165, 1.54) is 16.0 Å². The third kappa shape index (κ3) is 2.91. The van der Waals surface area contributed by atoms with Crippen LogP contribution in [-0.4, -0.2) is 25.1 Å². The summed E-state index contributed by atoms with van der Waals surface area (Å²) in [5.41, 5.74) is 0.502. The second kappa shape index (κ2) is 6.14. The molecule has 1 amide bonds. The smallest absolute Gasteiger partial charge is 0.275 e. The first-order chi connectivity index (χ1) is 12.1. The summed E-state index contributed by atoms with van der Waals surface area (Å²) in [7, 11) is 0. The van der Waals surface area contributed by atoms with Crippen LogP contribution >= 0.6 is 11.3 Å². The number of rotatable bonds is 4. The van der Waals surface area contributed by atoms with Gasteiger partial charge in [-0.25, -0.2) is 9.67 Å². The molecule has 8 heteroatoms. The fourth-order valence-corrected chi connectivity index (χ4v) is 3.40. The molecule has 3 aromatic heterocycles. The molecule has 1 N–H and O–H groups in total. The highest BCUT2D eigenvalue weighted by atomic mass is 32.1. The average molecular weight is 353 g/mol. The molecule has 0 aliphatic rings. The van der Waals surface area contributed by atoms with Gasteiger partial charge in [0, 0.05) is 23.2 Å². The Kier molecular flexibility index (Phi) is 3.81. The standard InChI is InChI=1S/C17H15N5O2S/c1-11(14-9-21-6-7-25-17(21)20-14)19-15(23)10-22-16(24)13-5-3-2-4-12(13)8-18-22/h2-9,11H,10H2,1H3,(H,19,23). The number of nitrogens with zero attached hydrogens (tertiary/aromatic N) is 4. The van der Waals surface area contributed by atoms with E-state index >= 15 is 0 Å². The number of nitrogens with one attached hydrogen (secondary N) is 1. The number of fused-ring (bicyclic) bond motifs is 2. The molecule has 0 aliphatic heterocycles. The Balaban J connectivity index is 1.51. The predicted octanol–water partition coefficient (Wildman–Crippen LogP) is 1.98. The molecule has 0 radical (unpaired) electrons. The first-order valence-corrected chi connectivity index (χ1v) is 8.66. The number of thiazole rings is 1. The fourth-order valence-electron chi connectivity index (χ4n) is 2.69. The minimum Gasteiger partial charge on any atom is -0.346 e. The number of carbonyl (C=O) groups is 1. The van der Waals surface area contributed by atoms with Crippen molar-refractivity contribution in [2.24, 2.45) is 0 Å². The zero-order valence-electron chi connectivity index (χ0n) is 13.4. The molecule has 4 aromatic rings. The summed E-state index contributed by atoms with van der Waals surface area (Å²) in [6, 6.07) is 6.93. The van der Waals surface area contributed by atoms with Crippen molar-refractivity contribution in [3.8, 4) is 0 Å². The molecule has 1 unspecified atom stereocenters. The predicted molar refractivity (Wildman–Crippen MR) is 95.6 cm³/mol. The minimum absolute atomic E-state index is 0.129. The van der Waals surface area contributed by atoms with Crippen molar-refractivity contribution in [1.29, 1.82) is 0 Å². The topological polar surface area (TPSA) is 81.3 Å². The molecule has 25 heavy (non-hydrogen) atoms. The van der Waals surface area contributed by atoms with E-state index in [9.17, 15) is 9.59 Å². The van der Waals surface area contributed by atoms with Crippen molar-refractivity contribution in [3.05, 3.63) is 64.3 Å². The number of aromatic nitrogens is 4. The van der Waals surface area contributed by atoms with Crippen molar-refractivity contribution in [3.63, 3.8) is 0 Å². The second-order valence-corrected chi connectivity index (χ2v) is 6.62. The highest BCUT2D eigenvalue weighted by Crippen LogP contribution is 2.16. The molecule has 126 valence electrons. The van der Waals surface area contributed by atoms with Crippen LogP contribution in [-0.2, 0) is 11.3 Å². The van der Waals surface area contributed by atoms with Crippen LogP contribution in [0, 0.1) is 0 Å². The van der Waals surface area contributed by atoms with Gasteiger partial charge in [0.15, 0.2) is 4.96 Å². The largest absolute Gasteiger partial charge is 0.346 e. The third-order valence-electron chi connectivity index (χ3n) is 3.99. The number of imidazole rings is 1. The number of hydrogen-bond acceptors (Lipinski definition) is 5. The second-order valence-electron chi connectivity index (χ2n) is 5.74. The molecule has 0 aliphatic carbocycles. The van der Waals surface area contributed by atoms with Gasteiger partial charge >= 0.3 is 0 Å². The van der Waals surface area contributed by atoms with Gasteiger partial charge in [0.2, 0.25) is 5.91 Å². The number of hydrogen-bond donors (Lipinski definition) is 1. The summed E-state index contributed by atoms with van der Waals surface area (Å²) in [6.45, 7) is 1.73.